The van der Waals surface area contributed by atoms with Crippen molar-refractivity contribution < 1.29 is 18.4 Å². The molecule has 0 heterocycles. The van der Waals surface area contributed by atoms with Crippen LogP contribution in [-0.4, -0.2) is 18.4 Å². The van der Waals surface area contributed by atoms with E-state index in [9.17, 15) is 18.4 Å². The van der Waals surface area contributed by atoms with Crippen molar-refractivity contribution in [3.05, 3.63) is 65.7 Å². The van der Waals surface area contributed by atoms with Crippen LogP contribution in [0.5, 0.6) is 0 Å². The molecule has 0 saturated carbocycles. The van der Waals surface area contributed by atoms with E-state index >= 15 is 0 Å². The Labute approximate surface area is 132 Å². The van der Waals surface area contributed by atoms with Gasteiger partial charge in [-0.15, -0.1) is 0 Å². The Balaban J connectivity index is 1.74. The third-order valence-corrected chi connectivity index (χ3v) is 3.10. The molecule has 0 radical (unpaired) electrons. The number of benzene rings is 2. The molecular weight excluding hydrogens is 302 g/mol. The maximum absolute atomic E-state index is 13.4. The Kier molecular flexibility index (Phi) is 5.80. The molecule has 0 spiro atoms. The first-order valence-corrected chi connectivity index (χ1v) is 7.10. The largest absolute Gasteiger partial charge is 0.355 e. The molecule has 2 amide bonds. The number of rotatable bonds is 6. The molecular formula is C17H16F2N2O2. The summed E-state index contributed by atoms with van der Waals surface area (Å²) in [6, 6.07) is 11.7. The third-order valence-electron chi connectivity index (χ3n) is 3.10. The van der Waals surface area contributed by atoms with Crippen LogP contribution in [0.25, 0.3) is 0 Å². The topological polar surface area (TPSA) is 58.2 Å². The average molecular weight is 318 g/mol. The average Bonchev–Trinajstić information content (AvgIpc) is 2.49. The first-order chi connectivity index (χ1) is 11.0. The second-order valence-corrected chi connectivity index (χ2v) is 4.93. The molecule has 0 bridgehead atoms. The summed E-state index contributed by atoms with van der Waals surface area (Å²) in [6.45, 7) is 0.229. The van der Waals surface area contributed by atoms with Gasteiger partial charge in [0.15, 0.2) is 0 Å². The van der Waals surface area contributed by atoms with Crippen LogP contribution in [0.2, 0.25) is 0 Å². The lowest BCUT2D eigenvalue weighted by molar-refractivity contribution is -0.126. The second kappa shape index (κ2) is 8.03. The molecule has 6 heteroatoms. The molecule has 2 aromatic rings. The first-order valence-electron chi connectivity index (χ1n) is 7.10. The van der Waals surface area contributed by atoms with Crippen molar-refractivity contribution in [3.8, 4) is 0 Å². The number of halogens is 2. The van der Waals surface area contributed by atoms with E-state index in [1.165, 1.54) is 24.3 Å². The van der Waals surface area contributed by atoms with Crippen LogP contribution in [0.15, 0.2) is 48.5 Å². The van der Waals surface area contributed by atoms with E-state index in [1.54, 1.807) is 18.2 Å². The molecule has 2 aromatic carbocycles. The Morgan fingerprint density at radius 3 is 2.48 bits per heavy atom. The van der Waals surface area contributed by atoms with Crippen molar-refractivity contribution in [2.75, 3.05) is 11.9 Å². The lowest BCUT2D eigenvalue weighted by Crippen LogP contribution is -2.29. The summed E-state index contributed by atoms with van der Waals surface area (Å²) in [4.78, 5) is 23.3. The fraction of sp³-hybridized carbons (Fsp3) is 0.176. The van der Waals surface area contributed by atoms with Crippen molar-refractivity contribution in [1.82, 2.24) is 5.32 Å². The molecule has 0 atom stereocenters. The van der Waals surface area contributed by atoms with E-state index in [0.717, 1.165) is 6.07 Å². The molecule has 0 aliphatic heterocycles. The minimum atomic E-state index is -0.543. The molecule has 0 saturated heterocycles. The fourth-order valence-electron chi connectivity index (χ4n) is 2.02. The first kappa shape index (κ1) is 16.6. The van der Waals surface area contributed by atoms with E-state index in [2.05, 4.69) is 10.6 Å². The van der Waals surface area contributed by atoms with E-state index in [4.69, 9.17) is 0 Å². The minimum Gasteiger partial charge on any atom is -0.355 e. The van der Waals surface area contributed by atoms with Crippen LogP contribution in [0.4, 0.5) is 14.5 Å². The van der Waals surface area contributed by atoms with Crippen LogP contribution in [0.1, 0.15) is 12.0 Å². The van der Waals surface area contributed by atoms with Gasteiger partial charge in [-0.3, -0.25) is 9.59 Å². The van der Waals surface area contributed by atoms with Gasteiger partial charge < -0.3 is 10.6 Å². The van der Waals surface area contributed by atoms with Gasteiger partial charge in [-0.1, -0.05) is 24.3 Å². The van der Waals surface area contributed by atoms with Gasteiger partial charge in [0.1, 0.15) is 18.1 Å². The normalized spacial score (nSPS) is 10.2. The zero-order chi connectivity index (χ0) is 16.7. The van der Waals surface area contributed by atoms with Crippen LogP contribution < -0.4 is 10.6 Å². The lowest BCUT2D eigenvalue weighted by atomic mass is 10.1. The monoisotopic (exact) mass is 318 g/mol. The Hall–Kier alpha value is -2.76. The summed E-state index contributed by atoms with van der Waals surface area (Å²) in [5.74, 6) is -1.82. The third kappa shape index (κ3) is 5.50. The number of amides is 2. The van der Waals surface area contributed by atoms with Gasteiger partial charge in [-0.05, 0) is 36.2 Å². The quantitative estimate of drug-likeness (QED) is 0.805. The smallest absolute Gasteiger partial charge is 0.233 e. The Bertz CT molecular complexity index is 704. The van der Waals surface area contributed by atoms with Crippen molar-refractivity contribution in [3.63, 3.8) is 0 Å². The highest BCUT2D eigenvalue weighted by Gasteiger charge is 2.10. The highest BCUT2D eigenvalue weighted by atomic mass is 19.1. The Morgan fingerprint density at radius 2 is 1.74 bits per heavy atom. The summed E-state index contributed by atoms with van der Waals surface area (Å²) in [5, 5.41) is 4.98. The zero-order valence-electron chi connectivity index (χ0n) is 12.3. The van der Waals surface area contributed by atoms with Crippen LogP contribution in [0.3, 0.4) is 0 Å². The maximum Gasteiger partial charge on any atom is 0.233 e. The molecule has 2 rings (SSSR count). The second-order valence-electron chi connectivity index (χ2n) is 4.93. The molecule has 0 aliphatic carbocycles. The van der Waals surface area contributed by atoms with Gasteiger partial charge in [0.05, 0.1) is 0 Å². The number of nitrogens with one attached hydrogen (secondary N) is 2. The summed E-state index contributed by atoms with van der Waals surface area (Å²) in [5.41, 5.74) is 0.783. The SMILES string of the molecule is O=C(CC(=O)Nc1cccc(F)c1)NCCc1ccccc1F. The van der Waals surface area contributed by atoms with Gasteiger partial charge in [0, 0.05) is 12.2 Å². The van der Waals surface area contributed by atoms with Gasteiger partial charge in [-0.2, -0.15) is 0 Å². The van der Waals surface area contributed by atoms with E-state index in [0.29, 0.717) is 12.0 Å². The fourth-order valence-corrected chi connectivity index (χ4v) is 2.02. The van der Waals surface area contributed by atoms with Gasteiger partial charge >= 0.3 is 0 Å². The molecule has 4 nitrogen and oxygen atoms in total. The van der Waals surface area contributed by atoms with Crippen LogP contribution in [0, 0.1) is 11.6 Å². The predicted molar refractivity (Wildman–Crippen MR) is 82.8 cm³/mol. The molecule has 0 aromatic heterocycles. The lowest BCUT2D eigenvalue weighted by Gasteiger charge is -2.07. The molecule has 23 heavy (non-hydrogen) atoms. The van der Waals surface area contributed by atoms with Gasteiger partial charge in [-0.25, -0.2) is 8.78 Å². The minimum absolute atomic E-state index is 0.229. The van der Waals surface area contributed by atoms with Crippen molar-refractivity contribution in [2.45, 2.75) is 12.8 Å². The summed E-state index contributed by atoms with van der Waals surface area (Å²) < 4.78 is 26.4. The van der Waals surface area contributed by atoms with E-state index in [1.807, 2.05) is 0 Å². The predicted octanol–water partition coefficient (Wildman–Crippen LogP) is 2.65. The number of carbonyl (C=O) groups is 2. The van der Waals surface area contributed by atoms with E-state index in [-0.39, 0.29) is 24.5 Å². The van der Waals surface area contributed by atoms with Crippen LogP contribution >= 0.6 is 0 Å². The van der Waals surface area contributed by atoms with Crippen molar-refractivity contribution in [1.29, 1.82) is 0 Å². The molecule has 0 aliphatic rings. The zero-order valence-corrected chi connectivity index (χ0v) is 12.3. The summed E-state index contributed by atoms with van der Waals surface area (Å²) in [7, 11) is 0. The van der Waals surface area contributed by atoms with Crippen LogP contribution in [-0.2, 0) is 16.0 Å². The summed E-state index contributed by atoms with van der Waals surface area (Å²) in [6.07, 6.45) is -0.0439. The number of carbonyl (C=O) groups excluding carboxylic acids is 2. The maximum atomic E-state index is 13.4. The molecule has 0 unspecified atom stereocenters. The highest BCUT2D eigenvalue weighted by molar-refractivity contribution is 6.03. The number of hydrogen-bond acceptors (Lipinski definition) is 2. The standard InChI is InChI=1S/C17H16F2N2O2/c18-13-5-3-6-14(10-13)21-17(23)11-16(22)20-9-8-12-4-1-2-7-15(12)19/h1-7,10H,8-9,11H2,(H,20,22)(H,21,23). The van der Waals surface area contributed by atoms with Crippen molar-refractivity contribution >= 4 is 17.5 Å². The number of hydrogen-bond donors (Lipinski definition) is 2. The van der Waals surface area contributed by atoms with Gasteiger partial charge in [0.25, 0.3) is 0 Å². The van der Waals surface area contributed by atoms with Crippen molar-refractivity contribution in [2.24, 2.45) is 0 Å². The molecule has 2 N–H and O–H groups in total. The van der Waals surface area contributed by atoms with E-state index < -0.39 is 17.6 Å². The number of anilines is 1. The Morgan fingerprint density at radius 1 is 0.957 bits per heavy atom. The van der Waals surface area contributed by atoms with Gasteiger partial charge in [0.2, 0.25) is 11.8 Å². The molecule has 120 valence electrons. The highest BCUT2D eigenvalue weighted by Crippen LogP contribution is 2.09. The summed E-state index contributed by atoms with van der Waals surface area (Å²) >= 11 is 0. The molecule has 0 fully saturated rings.